The van der Waals surface area contributed by atoms with Gasteiger partial charge >= 0.3 is 5.69 Å². The van der Waals surface area contributed by atoms with Crippen LogP contribution in [0.1, 0.15) is 139 Å². The van der Waals surface area contributed by atoms with Crippen molar-refractivity contribution in [1.29, 1.82) is 0 Å². The first-order valence-electron chi connectivity index (χ1n) is 34.1. The molecule has 2 aromatic heterocycles. The molecular weight excluding hydrogens is 1310 g/mol. The van der Waals surface area contributed by atoms with Gasteiger partial charge < -0.3 is 80.0 Å². The smallest absolute Gasteiger partial charge is 0.328 e. The normalized spacial score (nSPS) is 17.1. The number of carbonyl (C=O) groups is 10. The first-order valence-corrected chi connectivity index (χ1v) is 35.0. The van der Waals surface area contributed by atoms with Gasteiger partial charge in [-0.1, -0.05) is 66.7 Å². The van der Waals surface area contributed by atoms with Crippen LogP contribution in [-0.4, -0.2) is 171 Å². The summed E-state index contributed by atoms with van der Waals surface area (Å²) in [7, 11) is 0. The third kappa shape index (κ3) is 24.5. The van der Waals surface area contributed by atoms with Crippen LogP contribution in [-0.2, 0) is 57.9 Å². The maximum atomic E-state index is 14.9. The molecule has 1 aliphatic carbocycles. The Hall–Kier alpha value is -9.46. The van der Waals surface area contributed by atoms with Crippen LogP contribution in [0.25, 0.3) is 10.8 Å². The molecular formula is C70H94N14O15S. The lowest BCUT2D eigenvalue weighted by Gasteiger charge is -2.27. The number of thiophene rings is 1. The van der Waals surface area contributed by atoms with Crippen molar-refractivity contribution < 1.29 is 63.3 Å². The van der Waals surface area contributed by atoms with Gasteiger partial charge in [0.2, 0.25) is 47.3 Å². The number of unbranched alkanes of at least 4 members (excludes halogenated alkanes) is 5. The number of aromatic nitrogens is 2. The van der Waals surface area contributed by atoms with Gasteiger partial charge in [0.05, 0.1) is 23.1 Å². The molecule has 3 heterocycles. The van der Waals surface area contributed by atoms with Crippen molar-refractivity contribution in [3.63, 3.8) is 0 Å². The minimum Gasteiger partial charge on any atom is -0.390 e. The number of H-pyrrole nitrogens is 1. The average Bonchev–Trinajstić information content (AvgIpc) is 1.27. The first kappa shape index (κ1) is 77.9. The number of nitrogens with one attached hydrogen (secondary N) is 11. The Balaban J connectivity index is 1.03. The van der Waals surface area contributed by atoms with Crippen molar-refractivity contribution >= 4 is 81.2 Å². The molecule has 100 heavy (non-hydrogen) atoms. The molecule has 0 fully saturated rings. The highest BCUT2D eigenvalue weighted by molar-refractivity contribution is 7.12. The zero-order valence-electron chi connectivity index (χ0n) is 56.2. The van der Waals surface area contributed by atoms with Crippen molar-refractivity contribution in [2.75, 3.05) is 32.7 Å². The van der Waals surface area contributed by atoms with Crippen molar-refractivity contribution in [2.45, 2.75) is 184 Å². The Kier molecular flexibility index (Phi) is 31.1. The molecule has 1 aliphatic heterocycles. The lowest BCUT2D eigenvalue weighted by atomic mass is 9.92. The number of primary amides is 1. The summed E-state index contributed by atoms with van der Waals surface area (Å²) in [5.41, 5.74) is 13.9. The summed E-state index contributed by atoms with van der Waals surface area (Å²) in [6, 6.07) is 17.2. The highest BCUT2D eigenvalue weighted by atomic mass is 32.1. The minimum atomic E-state index is -1.46. The topological polar surface area (TPSA) is 459 Å². The fourth-order valence-corrected chi connectivity index (χ4v) is 12.3. The van der Waals surface area contributed by atoms with Gasteiger partial charge in [-0.3, -0.25) is 62.3 Å². The van der Waals surface area contributed by atoms with Gasteiger partial charge in [-0.2, -0.15) is 0 Å². The number of benzene rings is 3. The summed E-state index contributed by atoms with van der Waals surface area (Å²) in [6.07, 6.45) is 1.48. The molecule has 30 heteroatoms. The van der Waals surface area contributed by atoms with Gasteiger partial charge in [0.1, 0.15) is 42.9 Å². The first-order chi connectivity index (χ1) is 48.1. The number of rotatable bonds is 40. The molecule has 0 saturated carbocycles. The molecule has 7 rings (SSSR count). The Morgan fingerprint density at radius 1 is 0.580 bits per heavy atom. The van der Waals surface area contributed by atoms with Crippen LogP contribution in [0.15, 0.2) is 112 Å². The number of fused-ring (bicyclic) bond motifs is 2. The van der Waals surface area contributed by atoms with Crippen molar-refractivity contribution in [3.8, 4) is 0 Å². The molecule has 9 atom stereocenters. The molecule has 10 amide bonds. The van der Waals surface area contributed by atoms with E-state index in [1.54, 1.807) is 29.6 Å². The highest BCUT2D eigenvalue weighted by Gasteiger charge is 2.34. The van der Waals surface area contributed by atoms with Crippen molar-refractivity contribution in [1.82, 2.24) is 62.7 Å². The van der Waals surface area contributed by atoms with E-state index in [1.807, 2.05) is 54.6 Å². The minimum absolute atomic E-state index is 0.0463. The van der Waals surface area contributed by atoms with E-state index in [0.717, 1.165) is 32.5 Å². The summed E-state index contributed by atoms with van der Waals surface area (Å²) >= 11 is 1.25. The standard InChI is InChI=1S/C70H94N14O15S/c1-42-40-84(70(99)83-61(42)90)41-58(87)73-30-12-8-27-52(66(95)79-50(60(72)89)25-7-13-32-75-63(92)48-23-16-21-43-18-4-5-22-47(43)48)81-68(97)53(28-10-15-34-77-69(98)57-29-17-35-100-57)82-67(96)51(26-9-14-31-74-62(91)46-37-55(85)59(88)56(86)38-46)80-64(93)49(71)24-6-11-33-76-65(94)54-36-44-19-2-3-20-45(44)39-78-54/h2-5,16-23,29,35,37,40,49-56,59,78,85-86,88H,6-15,24-28,30-34,36,38-39,41,71H2,1H3,(H2,72,89)(H,73,87)(H,74,91)(H,75,92)(H,76,94)(H,77,98)(H,79,95)(H,80,93)(H,81,97)(H,82,96)(H,83,90,99)/t49-,50-,51-,52-,53-,54-,55+,56+,59-/m0/s1. The Morgan fingerprint density at radius 3 is 1.72 bits per heavy atom. The van der Waals surface area contributed by atoms with E-state index in [9.17, 15) is 72.9 Å². The molecule has 0 radical (unpaired) electrons. The third-order valence-electron chi connectivity index (χ3n) is 17.5. The molecule has 0 spiro atoms. The third-order valence-corrected chi connectivity index (χ3v) is 18.4. The van der Waals surface area contributed by atoms with Gasteiger partial charge in [-0.15, -0.1) is 11.3 Å². The predicted molar refractivity (Wildman–Crippen MR) is 374 cm³/mol. The number of hydrogen-bond acceptors (Lipinski definition) is 18. The molecule has 0 unspecified atom stereocenters. The summed E-state index contributed by atoms with van der Waals surface area (Å²) in [6.45, 7) is 2.45. The Bertz CT molecular complexity index is 3780. The predicted octanol–water partition coefficient (Wildman–Crippen LogP) is -0.00108. The maximum absolute atomic E-state index is 14.9. The van der Waals surface area contributed by atoms with Crippen molar-refractivity contribution in [3.05, 3.63) is 150 Å². The van der Waals surface area contributed by atoms with E-state index >= 15 is 0 Å². The SMILES string of the molecule is Cc1cn(CC(=O)NCCCC[C@H](NC(=O)[C@H](CCCCNC(=O)c2cccs2)NC(=O)[C@H](CCCCNC(=O)C2=C[C@@H](O)[C@H](O)[C@H](O)C2)NC(=O)[C@@H](N)CCCCNC(=O)[C@@H]2Cc3ccccc3CN2)C(=O)N[C@@H](CCCCNC(=O)c2cccc3ccccc23)C(N)=O)c(=O)[nH]c1=O. The lowest BCUT2D eigenvalue weighted by Crippen LogP contribution is -2.58. The second kappa shape index (κ2) is 40.0. The van der Waals surface area contributed by atoms with E-state index in [0.29, 0.717) is 62.1 Å². The number of nitrogens with two attached hydrogens (primary N) is 2. The monoisotopic (exact) mass is 1400 g/mol. The van der Waals surface area contributed by atoms with Crippen LogP contribution < -0.4 is 75.9 Å². The molecule has 18 N–H and O–H groups in total. The Morgan fingerprint density at radius 2 is 1.11 bits per heavy atom. The largest absolute Gasteiger partial charge is 0.390 e. The van der Waals surface area contributed by atoms with Crippen molar-refractivity contribution in [2.24, 2.45) is 11.5 Å². The fourth-order valence-electron chi connectivity index (χ4n) is 11.7. The molecule has 3 aromatic carbocycles. The van der Waals surface area contributed by atoms with Crippen LogP contribution >= 0.6 is 11.3 Å². The molecule has 0 saturated heterocycles. The number of aryl methyl sites for hydroxylation is 1. The van der Waals surface area contributed by atoms with E-state index in [4.69, 9.17) is 11.5 Å². The maximum Gasteiger partial charge on any atom is 0.328 e. The van der Waals surface area contributed by atoms with E-state index in [2.05, 4.69) is 58.2 Å². The molecule has 5 aromatic rings. The van der Waals surface area contributed by atoms with Gasteiger partial charge in [-0.25, -0.2) is 4.79 Å². The molecule has 2 aliphatic rings. The van der Waals surface area contributed by atoms with Gasteiger partial charge in [0.25, 0.3) is 17.4 Å². The lowest BCUT2D eigenvalue weighted by molar-refractivity contribution is -0.134. The van der Waals surface area contributed by atoms with Crippen LogP contribution in [0.5, 0.6) is 0 Å². The van der Waals surface area contributed by atoms with Gasteiger partial charge in [0.15, 0.2) is 0 Å². The zero-order chi connectivity index (χ0) is 72.1. The van der Waals surface area contributed by atoms with Crippen LogP contribution in [0.3, 0.4) is 0 Å². The van der Waals surface area contributed by atoms with E-state index < -0.39 is 114 Å². The number of aliphatic hydroxyl groups is 3. The summed E-state index contributed by atoms with van der Waals surface area (Å²) in [5, 5.41) is 62.0. The number of amides is 10. The van der Waals surface area contributed by atoms with Gasteiger partial charge in [0, 0.05) is 68.6 Å². The average molecular weight is 1400 g/mol. The quantitative estimate of drug-likeness (QED) is 0.0230. The summed E-state index contributed by atoms with van der Waals surface area (Å²) in [5.74, 6) is -5.97. The molecule has 29 nitrogen and oxygen atoms in total. The number of carbonyl (C=O) groups excluding carboxylic acids is 10. The number of hydrogen-bond donors (Lipinski definition) is 16. The number of aromatic amines is 1. The highest BCUT2D eigenvalue weighted by Crippen LogP contribution is 2.22. The second-order valence-electron chi connectivity index (χ2n) is 25.2. The van der Waals surface area contributed by atoms with Crippen LogP contribution in [0.4, 0.5) is 0 Å². The summed E-state index contributed by atoms with van der Waals surface area (Å²) < 4.78 is 1.04. The molecule has 0 bridgehead atoms. The van der Waals surface area contributed by atoms with Gasteiger partial charge in [-0.05, 0) is 155 Å². The van der Waals surface area contributed by atoms with Crippen LogP contribution in [0, 0.1) is 6.92 Å². The second-order valence-corrected chi connectivity index (χ2v) is 26.1. The Labute approximate surface area is 582 Å². The summed E-state index contributed by atoms with van der Waals surface area (Å²) in [4.78, 5) is 163. The van der Waals surface area contributed by atoms with E-state index in [-0.39, 0.29) is 126 Å². The fraction of sp³-hybridized carbons (Fsp3) is 0.486. The number of nitrogens with zero attached hydrogens (tertiary/aromatic N) is 1. The van der Waals surface area contributed by atoms with Crippen LogP contribution in [0.2, 0.25) is 0 Å². The molecule has 540 valence electrons. The zero-order valence-corrected chi connectivity index (χ0v) is 57.0. The van der Waals surface area contributed by atoms with E-state index in [1.165, 1.54) is 24.5 Å². The number of aliphatic hydroxyl groups excluding tert-OH is 3.